The molecule has 0 bridgehead atoms. The molecule has 0 aliphatic heterocycles. The first kappa shape index (κ1) is 41.8. The Morgan fingerprint density at radius 3 is 0.896 bits per heavy atom. The maximum Gasteiger partial charge on any atom is 0.115 e. The van der Waals surface area contributed by atoms with E-state index in [0.717, 1.165) is 75.8 Å². The normalized spacial score (nSPS) is 11.9. The van der Waals surface area contributed by atoms with Gasteiger partial charge in [0.05, 0.1) is 0 Å². The number of rotatable bonds is 5. The molecule has 0 amide bonds. The van der Waals surface area contributed by atoms with Crippen molar-refractivity contribution < 1.29 is 0 Å². The molecule has 22 radical (unpaired) electrons. The second-order valence-corrected chi connectivity index (χ2v) is 17.5. The SMILES string of the molecule is [B]c1c([B])c(-c2c([B])c(-c3ccccc3)c([B])c(-c3c([B])c([B])c([B])c(-c4ccc5ccc6cccc7ccc4c5c67)c3[B])c2[B])c([B])c(-c2ccc3ccc4cccc5ccc2c3c45)c1[B]. The summed E-state index contributed by atoms with van der Waals surface area (Å²) in [6.45, 7) is 0. The minimum Gasteiger partial charge on any atom is -0.109 e. The van der Waals surface area contributed by atoms with Gasteiger partial charge in [0.15, 0.2) is 0 Å². The second kappa shape index (κ2) is 15.2. The summed E-state index contributed by atoms with van der Waals surface area (Å²) in [5.74, 6) is 0. The molecule has 0 unspecified atom stereocenters. The summed E-state index contributed by atoms with van der Waals surface area (Å²) < 4.78 is 0. The summed E-state index contributed by atoms with van der Waals surface area (Å²) in [6, 6.07) is 46.9. The molecule has 0 aromatic heterocycles. The Labute approximate surface area is 403 Å². The predicted molar refractivity (Wildman–Crippen MR) is 300 cm³/mol. The van der Waals surface area contributed by atoms with E-state index < -0.39 is 0 Å². The topological polar surface area (TPSA) is 0 Å². The zero-order valence-corrected chi connectivity index (χ0v) is 36.1. The monoisotopic (exact) mass is 816 g/mol. The maximum absolute atomic E-state index is 7.48. The minimum absolute atomic E-state index is 0.0803. The Morgan fingerprint density at radius 2 is 0.493 bits per heavy atom. The van der Waals surface area contributed by atoms with Crippen LogP contribution in [0.4, 0.5) is 0 Å². The van der Waals surface area contributed by atoms with Gasteiger partial charge in [-0.3, -0.25) is 0 Å². The first-order valence-electron chi connectivity index (χ1n) is 21.8. The lowest BCUT2D eigenvalue weighted by Crippen LogP contribution is -2.49. The minimum atomic E-state index is 0.0803. The third-order valence-corrected chi connectivity index (χ3v) is 14.1. The lowest BCUT2D eigenvalue weighted by Gasteiger charge is -2.32. The van der Waals surface area contributed by atoms with Crippen molar-refractivity contribution in [1.29, 1.82) is 0 Å². The molecule has 280 valence electrons. The van der Waals surface area contributed by atoms with Gasteiger partial charge in [-0.05, 0) is 120 Å². The molecule has 0 N–H and O–H groups in total. The summed E-state index contributed by atoms with van der Waals surface area (Å²) in [5.41, 5.74) is 6.34. The van der Waals surface area contributed by atoms with Gasteiger partial charge in [-0.15, -0.1) is 10.9 Å². The molecule has 0 fully saturated rings. The van der Waals surface area contributed by atoms with Crippen molar-refractivity contribution in [2.45, 2.75) is 0 Å². The standard InChI is InChI=1S/C56H23B11/c57-46-39(24-6-2-1-3-7-24)47(58)43(45-49(60)41(52(63)56(67)54(45)65)34-23-19-30-15-13-26-9-5-11-28-17-21-32(34)38(30)36(26)28)50(61)42(46)44-48(59)40(51(62)55(66)53(44)64)33-22-18-29-14-12-25-8-4-10-27-16-20-31(33)37(29)35(25)27/h1-23H. The van der Waals surface area contributed by atoms with Crippen LogP contribution in [0.3, 0.4) is 0 Å². The highest BCUT2D eigenvalue weighted by molar-refractivity contribution is 6.68. The van der Waals surface area contributed by atoms with E-state index in [-0.39, 0.29) is 82.3 Å². The van der Waals surface area contributed by atoms with E-state index in [1.807, 2.05) is 42.5 Å². The van der Waals surface area contributed by atoms with Crippen LogP contribution in [0.15, 0.2) is 140 Å². The van der Waals surface area contributed by atoms with Gasteiger partial charge in [0, 0.05) is 0 Å². The van der Waals surface area contributed by atoms with Crippen LogP contribution in [-0.4, -0.2) is 86.3 Å². The van der Waals surface area contributed by atoms with Gasteiger partial charge in [-0.1, -0.05) is 189 Å². The van der Waals surface area contributed by atoms with Crippen LogP contribution in [0.1, 0.15) is 0 Å². The van der Waals surface area contributed by atoms with Gasteiger partial charge >= 0.3 is 0 Å². The van der Waals surface area contributed by atoms with Crippen LogP contribution < -0.4 is 60.1 Å². The molecule has 0 saturated heterocycles. The summed E-state index contributed by atoms with van der Waals surface area (Å²) in [7, 11) is 78.9. The Hall–Kier alpha value is -6.57. The van der Waals surface area contributed by atoms with Crippen molar-refractivity contribution in [3.05, 3.63) is 140 Å². The summed E-state index contributed by atoms with van der Waals surface area (Å²) in [6.07, 6.45) is 0. The molecule has 0 nitrogen and oxygen atoms in total. The molecule has 12 aromatic rings. The van der Waals surface area contributed by atoms with Crippen LogP contribution in [-0.2, 0) is 0 Å². The average molecular weight is 815 g/mol. The fourth-order valence-corrected chi connectivity index (χ4v) is 10.9. The van der Waals surface area contributed by atoms with E-state index in [9.17, 15) is 0 Å². The second-order valence-electron chi connectivity index (χ2n) is 17.5. The predicted octanol–water partition coefficient (Wildman–Crippen LogP) is 2.55. The van der Waals surface area contributed by atoms with Crippen LogP contribution in [0, 0.1) is 0 Å². The van der Waals surface area contributed by atoms with Gasteiger partial charge in [0.2, 0.25) is 0 Å². The molecule has 67 heavy (non-hydrogen) atoms. The van der Waals surface area contributed by atoms with Crippen molar-refractivity contribution in [3.8, 4) is 55.6 Å². The molecule has 0 atom stereocenters. The van der Waals surface area contributed by atoms with Crippen molar-refractivity contribution >= 4 is 211 Å². The molecular weight excluding hydrogens is 792 g/mol. The summed E-state index contributed by atoms with van der Waals surface area (Å²) in [5, 5.41) is 12.8. The number of benzene rings is 12. The molecule has 0 aliphatic rings. The van der Waals surface area contributed by atoms with Gasteiger partial charge in [-0.2, -0.15) is 0 Å². The van der Waals surface area contributed by atoms with E-state index in [1.54, 1.807) is 0 Å². The van der Waals surface area contributed by atoms with Crippen LogP contribution in [0.2, 0.25) is 0 Å². The highest BCUT2D eigenvalue weighted by Crippen LogP contribution is 2.41. The van der Waals surface area contributed by atoms with Gasteiger partial charge < -0.3 is 0 Å². The Kier molecular flexibility index (Phi) is 9.51. The first-order chi connectivity index (χ1) is 32.4. The molecule has 12 rings (SSSR count). The Morgan fingerprint density at radius 1 is 0.194 bits per heavy atom. The lowest BCUT2D eigenvalue weighted by molar-refractivity contribution is 1.67. The Bertz CT molecular complexity index is 3830. The fourth-order valence-electron chi connectivity index (χ4n) is 10.9. The fraction of sp³-hybridized carbons (Fsp3) is 0. The quantitative estimate of drug-likeness (QED) is 0.186. The van der Waals surface area contributed by atoms with Gasteiger partial charge in [0.25, 0.3) is 0 Å². The molecular formula is C56H23B11. The van der Waals surface area contributed by atoms with Crippen molar-refractivity contribution in [2.24, 2.45) is 0 Å². The third kappa shape index (κ3) is 5.83. The van der Waals surface area contributed by atoms with E-state index in [4.69, 9.17) is 86.3 Å². The number of hydrogen-bond acceptors (Lipinski definition) is 0. The molecule has 0 heterocycles. The smallest absolute Gasteiger partial charge is 0.109 e. The zero-order chi connectivity index (χ0) is 46.3. The molecule has 12 aromatic carbocycles. The zero-order valence-electron chi connectivity index (χ0n) is 36.1. The third-order valence-electron chi connectivity index (χ3n) is 14.1. The van der Waals surface area contributed by atoms with Crippen molar-refractivity contribution in [1.82, 2.24) is 0 Å². The number of hydrogen-bond donors (Lipinski definition) is 0. The molecule has 0 saturated carbocycles. The molecule has 0 aliphatic carbocycles. The Balaban J connectivity index is 1.17. The average Bonchev–Trinajstić information content (AvgIpc) is 3.34. The summed E-state index contributed by atoms with van der Waals surface area (Å²) >= 11 is 0. The lowest BCUT2D eigenvalue weighted by atomic mass is 9.56. The van der Waals surface area contributed by atoms with Crippen LogP contribution >= 0.6 is 0 Å². The van der Waals surface area contributed by atoms with Crippen LogP contribution in [0.25, 0.3) is 120 Å². The van der Waals surface area contributed by atoms with Gasteiger partial charge in [0.1, 0.15) is 86.3 Å². The van der Waals surface area contributed by atoms with E-state index in [1.165, 1.54) is 0 Å². The molecule has 11 heteroatoms. The maximum atomic E-state index is 7.48. The highest BCUT2D eigenvalue weighted by atomic mass is 14.3. The first-order valence-corrected chi connectivity index (χ1v) is 21.8. The highest BCUT2D eigenvalue weighted by Gasteiger charge is 2.28. The van der Waals surface area contributed by atoms with E-state index in [0.29, 0.717) is 22.3 Å². The largest absolute Gasteiger partial charge is 0.115 e. The van der Waals surface area contributed by atoms with E-state index in [2.05, 4.69) is 97.1 Å². The van der Waals surface area contributed by atoms with Crippen molar-refractivity contribution in [3.63, 3.8) is 0 Å². The van der Waals surface area contributed by atoms with E-state index >= 15 is 0 Å². The summed E-state index contributed by atoms with van der Waals surface area (Å²) in [4.78, 5) is 0. The molecule has 0 spiro atoms. The van der Waals surface area contributed by atoms with Crippen molar-refractivity contribution in [2.75, 3.05) is 0 Å². The van der Waals surface area contributed by atoms with Crippen LogP contribution in [0.5, 0.6) is 0 Å². The van der Waals surface area contributed by atoms with Gasteiger partial charge in [-0.25, -0.2) is 0 Å².